The molecule has 0 aliphatic heterocycles. The largest absolute Gasteiger partial charge is 0.372 e. The van der Waals surface area contributed by atoms with E-state index in [0.29, 0.717) is 23.3 Å². The summed E-state index contributed by atoms with van der Waals surface area (Å²) < 4.78 is 0. The summed E-state index contributed by atoms with van der Waals surface area (Å²) >= 11 is 6.36. The number of pyridine rings is 1. The minimum atomic E-state index is -0.431. The van der Waals surface area contributed by atoms with Gasteiger partial charge >= 0.3 is 0 Å². The first kappa shape index (κ1) is 22.4. The lowest BCUT2D eigenvalue weighted by molar-refractivity contribution is -0.112. The number of hydrogen-bond donors (Lipinski definition) is 1. The summed E-state index contributed by atoms with van der Waals surface area (Å²) in [4.78, 5) is 36.1. The van der Waals surface area contributed by atoms with Crippen molar-refractivity contribution in [2.45, 2.75) is 27.2 Å². The third-order valence-corrected chi connectivity index (χ3v) is 5.45. The molecule has 1 N–H and O–H groups in total. The number of allylic oxidation sites excluding steroid dienone is 3. The highest BCUT2D eigenvalue weighted by molar-refractivity contribution is 6.49. The molecule has 31 heavy (non-hydrogen) atoms. The van der Waals surface area contributed by atoms with Crippen LogP contribution in [0.3, 0.4) is 0 Å². The lowest BCUT2D eigenvalue weighted by Gasteiger charge is -2.21. The monoisotopic (exact) mass is 436 g/mol. The second-order valence-electron chi connectivity index (χ2n) is 6.91. The molecule has 1 amide bonds. The van der Waals surface area contributed by atoms with Gasteiger partial charge in [-0.15, -0.1) is 0 Å². The number of Topliss-reactive ketones (excluding diaryl/α,β-unsaturated/α-hetero) is 1. The SMILES string of the molecule is CCC1=C(Cl)C(=O)C(NC(=O)c2cccnc2)=CC1=Nc1ccc(N(CC)CC)cc1. The van der Waals surface area contributed by atoms with E-state index in [4.69, 9.17) is 16.6 Å². The third kappa shape index (κ3) is 5.09. The Morgan fingerprint density at radius 3 is 2.42 bits per heavy atom. The van der Waals surface area contributed by atoms with Gasteiger partial charge in [-0.1, -0.05) is 18.5 Å². The number of nitrogens with one attached hydrogen (secondary N) is 1. The van der Waals surface area contributed by atoms with E-state index in [2.05, 4.69) is 29.0 Å². The average Bonchev–Trinajstić information content (AvgIpc) is 2.80. The van der Waals surface area contributed by atoms with Crippen molar-refractivity contribution in [2.75, 3.05) is 18.0 Å². The van der Waals surface area contributed by atoms with Crippen LogP contribution in [0.1, 0.15) is 37.6 Å². The average molecular weight is 437 g/mol. The number of aliphatic imine (C=N–C) groups is 1. The van der Waals surface area contributed by atoms with Crippen molar-refractivity contribution in [3.63, 3.8) is 0 Å². The molecular weight excluding hydrogens is 412 g/mol. The number of aromatic nitrogens is 1. The van der Waals surface area contributed by atoms with E-state index in [9.17, 15) is 9.59 Å². The number of carbonyl (C=O) groups is 2. The molecule has 160 valence electrons. The Morgan fingerprint density at radius 2 is 1.84 bits per heavy atom. The number of anilines is 1. The number of benzene rings is 1. The Morgan fingerprint density at radius 1 is 1.13 bits per heavy atom. The van der Waals surface area contributed by atoms with Crippen molar-refractivity contribution in [3.05, 3.63) is 76.7 Å². The molecule has 1 aliphatic rings. The van der Waals surface area contributed by atoms with E-state index in [1.807, 2.05) is 31.2 Å². The number of carbonyl (C=O) groups excluding carboxylic acids is 2. The van der Waals surface area contributed by atoms with Crippen LogP contribution < -0.4 is 10.2 Å². The van der Waals surface area contributed by atoms with Crippen molar-refractivity contribution >= 4 is 40.4 Å². The highest BCUT2D eigenvalue weighted by atomic mass is 35.5. The quantitative estimate of drug-likeness (QED) is 0.632. The first-order chi connectivity index (χ1) is 15.0. The van der Waals surface area contributed by atoms with E-state index in [0.717, 1.165) is 24.5 Å². The molecule has 0 spiro atoms. The molecular formula is C24H25ClN4O2. The number of hydrogen-bond acceptors (Lipinski definition) is 5. The first-order valence-corrected chi connectivity index (χ1v) is 10.7. The molecule has 3 rings (SSSR count). The number of ketones is 1. The van der Waals surface area contributed by atoms with Gasteiger partial charge in [-0.05, 0) is 62.7 Å². The molecule has 1 aromatic heterocycles. The molecule has 1 heterocycles. The van der Waals surface area contributed by atoms with Crippen molar-refractivity contribution in [2.24, 2.45) is 4.99 Å². The number of nitrogens with zero attached hydrogens (tertiary/aromatic N) is 3. The van der Waals surface area contributed by atoms with Gasteiger partial charge in [-0.25, -0.2) is 4.99 Å². The maximum Gasteiger partial charge on any atom is 0.257 e. The fourth-order valence-electron chi connectivity index (χ4n) is 3.34. The topological polar surface area (TPSA) is 74.7 Å². The third-order valence-electron chi connectivity index (χ3n) is 5.05. The Bertz CT molecular complexity index is 1050. The van der Waals surface area contributed by atoms with E-state index < -0.39 is 11.7 Å². The summed E-state index contributed by atoms with van der Waals surface area (Å²) in [5, 5.41) is 2.72. The smallest absolute Gasteiger partial charge is 0.257 e. The summed E-state index contributed by atoms with van der Waals surface area (Å²) in [5.74, 6) is -0.855. The summed E-state index contributed by atoms with van der Waals surface area (Å²) in [6.45, 7) is 7.99. The van der Waals surface area contributed by atoms with Gasteiger partial charge in [0.2, 0.25) is 5.78 Å². The van der Waals surface area contributed by atoms with Gasteiger partial charge in [0, 0.05) is 36.7 Å². The van der Waals surface area contributed by atoms with Gasteiger partial charge in [-0.2, -0.15) is 0 Å². The van der Waals surface area contributed by atoms with E-state index in [1.54, 1.807) is 24.4 Å². The van der Waals surface area contributed by atoms with Crippen LogP contribution in [-0.2, 0) is 4.79 Å². The predicted molar refractivity (Wildman–Crippen MR) is 125 cm³/mol. The Balaban J connectivity index is 1.92. The fraction of sp³-hybridized carbons (Fsp3) is 0.250. The van der Waals surface area contributed by atoms with E-state index in [1.165, 1.54) is 6.20 Å². The number of rotatable bonds is 7. The second-order valence-corrected chi connectivity index (χ2v) is 7.29. The zero-order valence-electron chi connectivity index (χ0n) is 17.9. The van der Waals surface area contributed by atoms with Gasteiger partial charge in [0.15, 0.2) is 0 Å². The number of halogens is 1. The standard InChI is InChI=1S/C24H25ClN4O2/c1-4-19-20(27-17-9-11-18(12-10-17)29(5-2)6-3)14-21(23(30)22(19)25)28-24(31)16-8-7-13-26-15-16/h7-15H,4-6H2,1-3H3,(H,28,31). The molecule has 1 aliphatic carbocycles. The van der Waals surface area contributed by atoms with Crippen LogP contribution in [0.2, 0.25) is 0 Å². The highest BCUT2D eigenvalue weighted by Gasteiger charge is 2.26. The van der Waals surface area contributed by atoms with Crippen molar-refractivity contribution < 1.29 is 9.59 Å². The second kappa shape index (κ2) is 10.2. The highest BCUT2D eigenvalue weighted by Crippen LogP contribution is 2.27. The molecule has 0 atom stereocenters. The zero-order valence-corrected chi connectivity index (χ0v) is 18.6. The molecule has 1 aromatic carbocycles. The normalized spacial score (nSPS) is 15.2. The van der Waals surface area contributed by atoms with Crippen LogP contribution in [0, 0.1) is 0 Å². The number of amides is 1. The maximum absolute atomic E-state index is 12.7. The molecule has 0 unspecified atom stereocenters. The molecule has 0 saturated carbocycles. The summed E-state index contributed by atoms with van der Waals surface area (Å²) in [6.07, 6.45) is 5.14. The fourth-order valence-corrected chi connectivity index (χ4v) is 3.68. The van der Waals surface area contributed by atoms with Gasteiger partial charge in [0.05, 0.1) is 27.7 Å². The van der Waals surface area contributed by atoms with Crippen LogP contribution in [-0.4, -0.2) is 35.5 Å². The zero-order chi connectivity index (χ0) is 22.4. The van der Waals surface area contributed by atoms with Crippen LogP contribution in [0.5, 0.6) is 0 Å². The van der Waals surface area contributed by atoms with Gasteiger partial charge in [-0.3, -0.25) is 14.6 Å². The summed E-state index contributed by atoms with van der Waals surface area (Å²) in [6, 6.07) is 11.2. The molecule has 7 heteroatoms. The van der Waals surface area contributed by atoms with Crippen LogP contribution in [0.4, 0.5) is 11.4 Å². The van der Waals surface area contributed by atoms with Gasteiger partial charge < -0.3 is 10.2 Å². The summed E-state index contributed by atoms with van der Waals surface area (Å²) in [5.41, 5.74) is 3.52. The molecule has 0 fully saturated rings. The lowest BCUT2D eigenvalue weighted by atomic mass is 9.97. The molecule has 2 aromatic rings. The van der Waals surface area contributed by atoms with E-state index >= 15 is 0 Å². The Hall–Kier alpha value is -3.25. The van der Waals surface area contributed by atoms with Crippen molar-refractivity contribution in [3.8, 4) is 0 Å². The minimum absolute atomic E-state index is 0.0741. The predicted octanol–water partition coefficient (Wildman–Crippen LogP) is 4.80. The van der Waals surface area contributed by atoms with Gasteiger partial charge in [0.25, 0.3) is 5.91 Å². The Labute approximate surface area is 187 Å². The molecule has 0 bridgehead atoms. The van der Waals surface area contributed by atoms with Crippen LogP contribution in [0.25, 0.3) is 0 Å². The lowest BCUT2D eigenvalue weighted by Crippen LogP contribution is -2.31. The molecule has 0 saturated heterocycles. The molecule has 6 nitrogen and oxygen atoms in total. The van der Waals surface area contributed by atoms with Crippen molar-refractivity contribution in [1.29, 1.82) is 0 Å². The van der Waals surface area contributed by atoms with Gasteiger partial charge in [0.1, 0.15) is 0 Å². The van der Waals surface area contributed by atoms with Crippen molar-refractivity contribution in [1.82, 2.24) is 10.3 Å². The first-order valence-electron chi connectivity index (χ1n) is 10.3. The molecule has 0 radical (unpaired) electrons. The maximum atomic E-state index is 12.7. The Kier molecular flexibility index (Phi) is 7.36. The van der Waals surface area contributed by atoms with E-state index in [-0.39, 0.29) is 10.7 Å². The van der Waals surface area contributed by atoms with Crippen LogP contribution >= 0.6 is 11.6 Å². The summed E-state index contributed by atoms with van der Waals surface area (Å²) in [7, 11) is 0. The van der Waals surface area contributed by atoms with Crippen LogP contribution in [0.15, 0.2) is 76.2 Å². The minimum Gasteiger partial charge on any atom is -0.372 e.